The summed E-state index contributed by atoms with van der Waals surface area (Å²) in [5.74, 6) is -1.15. The van der Waals surface area contributed by atoms with Gasteiger partial charge in [-0.25, -0.2) is 4.39 Å². The van der Waals surface area contributed by atoms with E-state index in [0.717, 1.165) is 13.1 Å². The highest BCUT2D eigenvalue weighted by atomic mass is 35.5. The molecule has 3 rings (SSSR count). The Balaban J connectivity index is 1.89. The lowest BCUT2D eigenvalue weighted by Gasteiger charge is -2.32. The molecule has 2 saturated heterocycles. The number of carbonyl (C=O) groups excluding carboxylic acids is 2. The SMILES string of the molecule is CN1C(=O)C[C@H](C(=O)N2CCNCC2)[C@@H]1c1ccc(Cl)c(F)c1. The molecule has 5 nitrogen and oxygen atoms in total. The number of hydrogen-bond acceptors (Lipinski definition) is 3. The van der Waals surface area contributed by atoms with Crippen LogP contribution < -0.4 is 5.32 Å². The van der Waals surface area contributed by atoms with Gasteiger partial charge in [-0.3, -0.25) is 9.59 Å². The maximum Gasteiger partial charge on any atom is 0.228 e. The van der Waals surface area contributed by atoms with Gasteiger partial charge < -0.3 is 15.1 Å². The largest absolute Gasteiger partial charge is 0.340 e. The first-order valence-electron chi connectivity index (χ1n) is 7.69. The lowest BCUT2D eigenvalue weighted by Crippen LogP contribution is -2.49. The molecule has 0 bridgehead atoms. The lowest BCUT2D eigenvalue weighted by atomic mass is 9.92. The molecule has 1 N–H and O–H groups in total. The van der Waals surface area contributed by atoms with Crippen LogP contribution in [0.25, 0.3) is 0 Å². The van der Waals surface area contributed by atoms with Crippen molar-refractivity contribution in [1.29, 1.82) is 0 Å². The smallest absolute Gasteiger partial charge is 0.228 e. The average molecular weight is 340 g/mol. The van der Waals surface area contributed by atoms with Gasteiger partial charge in [-0.2, -0.15) is 0 Å². The highest BCUT2D eigenvalue weighted by Crippen LogP contribution is 2.39. The number of halogens is 2. The van der Waals surface area contributed by atoms with Crippen molar-refractivity contribution in [3.8, 4) is 0 Å². The first-order valence-corrected chi connectivity index (χ1v) is 8.07. The lowest BCUT2D eigenvalue weighted by molar-refractivity contribution is -0.137. The minimum Gasteiger partial charge on any atom is -0.340 e. The molecular formula is C16H19ClFN3O2. The van der Waals surface area contributed by atoms with Crippen molar-refractivity contribution < 1.29 is 14.0 Å². The first kappa shape index (κ1) is 16.2. The van der Waals surface area contributed by atoms with Crippen LogP contribution >= 0.6 is 11.6 Å². The van der Waals surface area contributed by atoms with Crippen LogP contribution in [0.1, 0.15) is 18.0 Å². The number of nitrogens with zero attached hydrogens (tertiary/aromatic N) is 2. The fourth-order valence-electron chi connectivity index (χ4n) is 3.36. The third-order valence-corrected chi connectivity index (χ3v) is 4.92. The van der Waals surface area contributed by atoms with Crippen LogP contribution in [0.5, 0.6) is 0 Å². The van der Waals surface area contributed by atoms with E-state index in [-0.39, 0.29) is 23.3 Å². The Bertz CT molecular complexity index is 634. The minimum absolute atomic E-state index is 0.0331. The van der Waals surface area contributed by atoms with Gasteiger partial charge in [0.1, 0.15) is 5.82 Å². The molecular weight excluding hydrogens is 321 g/mol. The number of piperazine rings is 1. The van der Waals surface area contributed by atoms with E-state index < -0.39 is 17.8 Å². The molecule has 2 amide bonds. The Morgan fingerprint density at radius 3 is 2.70 bits per heavy atom. The number of carbonyl (C=O) groups is 2. The van der Waals surface area contributed by atoms with E-state index in [1.165, 1.54) is 17.0 Å². The van der Waals surface area contributed by atoms with E-state index in [2.05, 4.69) is 5.32 Å². The van der Waals surface area contributed by atoms with Crippen LogP contribution in [0.4, 0.5) is 4.39 Å². The third kappa shape index (κ3) is 3.05. The van der Waals surface area contributed by atoms with Crippen molar-refractivity contribution in [2.75, 3.05) is 33.2 Å². The molecule has 2 fully saturated rings. The number of likely N-dealkylation sites (tertiary alicyclic amines) is 1. The van der Waals surface area contributed by atoms with Crippen LogP contribution in [0, 0.1) is 11.7 Å². The van der Waals surface area contributed by atoms with Gasteiger partial charge in [0.05, 0.1) is 17.0 Å². The van der Waals surface area contributed by atoms with Crippen LogP contribution in [0.3, 0.4) is 0 Å². The Labute approximate surface area is 139 Å². The molecule has 0 unspecified atom stereocenters. The average Bonchev–Trinajstić information content (AvgIpc) is 2.86. The molecule has 7 heteroatoms. The van der Waals surface area contributed by atoms with Gasteiger partial charge in [-0.15, -0.1) is 0 Å². The second-order valence-electron chi connectivity index (χ2n) is 6.01. The highest BCUT2D eigenvalue weighted by Gasteiger charge is 2.44. The van der Waals surface area contributed by atoms with Crippen molar-refractivity contribution >= 4 is 23.4 Å². The summed E-state index contributed by atoms with van der Waals surface area (Å²) in [6.45, 7) is 2.77. The van der Waals surface area contributed by atoms with Crippen LogP contribution in [-0.2, 0) is 9.59 Å². The quantitative estimate of drug-likeness (QED) is 0.887. The number of amides is 2. The number of nitrogens with one attached hydrogen (secondary N) is 1. The van der Waals surface area contributed by atoms with Crippen LogP contribution in [0.2, 0.25) is 5.02 Å². The van der Waals surface area contributed by atoms with E-state index in [1.807, 2.05) is 0 Å². The molecule has 1 aromatic carbocycles. The van der Waals surface area contributed by atoms with Crippen molar-refractivity contribution in [1.82, 2.24) is 15.1 Å². The summed E-state index contributed by atoms with van der Waals surface area (Å²) in [6.07, 6.45) is 0.161. The monoisotopic (exact) mass is 339 g/mol. The predicted molar refractivity (Wildman–Crippen MR) is 84.5 cm³/mol. The zero-order valence-electron chi connectivity index (χ0n) is 12.9. The summed E-state index contributed by atoms with van der Waals surface area (Å²) in [6, 6.07) is 4.02. The van der Waals surface area contributed by atoms with E-state index in [1.54, 1.807) is 18.0 Å². The fraction of sp³-hybridized carbons (Fsp3) is 0.500. The van der Waals surface area contributed by atoms with Gasteiger partial charge >= 0.3 is 0 Å². The first-order chi connectivity index (χ1) is 11.0. The van der Waals surface area contributed by atoms with Gasteiger partial charge in [-0.1, -0.05) is 17.7 Å². The molecule has 23 heavy (non-hydrogen) atoms. The molecule has 0 radical (unpaired) electrons. The second kappa shape index (κ2) is 6.45. The van der Waals surface area contributed by atoms with Gasteiger partial charge in [0.15, 0.2) is 0 Å². The summed E-state index contributed by atoms with van der Waals surface area (Å²) in [5.41, 5.74) is 0.605. The van der Waals surface area contributed by atoms with Crippen LogP contribution in [0.15, 0.2) is 18.2 Å². The summed E-state index contributed by atoms with van der Waals surface area (Å²) >= 11 is 5.74. The molecule has 2 aliphatic heterocycles. The number of rotatable bonds is 2. The normalized spacial score (nSPS) is 25.1. The molecule has 0 aromatic heterocycles. The summed E-state index contributed by atoms with van der Waals surface area (Å²) in [7, 11) is 1.66. The summed E-state index contributed by atoms with van der Waals surface area (Å²) in [5, 5.41) is 3.23. The predicted octanol–water partition coefficient (Wildman–Crippen LogP) is 1.43. The fourth-order valence-corrected chi connectivity index (χ4v) is 3.48. The van der Waals surface area contributed by atoms with Gasteiger partial charge in [0, 0.05) is 39.6 Å². The Hall–Kier alpha value is -1.66. The second-order valence-corrected chi connectivity index (χ2v) is 6.42. The van der Waals surface area contributed by atoms with Crippen molar-refractivity contribution in [2.24, 2.45) is 5.92 Å². The van der Waals surface area contributed by atoms with Crippen molar-refractivity contribution in [3.05, 3.63) is 34.6 Å². The topological polar surface area (TPSA) is 52.7 Å². The molecule has 0 aliphatic carbocycles. The molecule has 0 saturated carbocycles. The third-order valence-electron chi connectivity index (χ3n) is 4.62. The Morgan fingerprint density at radius 1 is 1.35 bits per heavy atom. The summed E-state index contributed by atoms with van der Waals surface area (Å²) < 4.78 is 13.8. The molecule has 0 spiro atoms. The standard InChI is InChI=1S/C16H19ClFN3O2/c1-20-14(22)9-11(16(23)21-6-4-19-5-7-21)15(20)10-2-3-12(17)13(18)8-10/h2-3,8,11,15,19H,4-7,9H2,1H3/t11-,15-/m0/s1. The summed E-state index contributed by atoms with van der Waals surface area (Å²) in [4.78, 5) is 28.3. The van der Waals surface area contributed by atoms with Gasteiger partial charge in [0.2, 0.25) is 11.8 Å². The van der Waals surface area contributed by atoms with E-state index in [4.69, 9.17) is 11.6 Å². The van der Waals surface area contributed by atoms with Crippen LogP contribution in [-0.4, -0.2) is 54.8 Å². The Morgan fingerprint density at radius 2 is 2.04 bits per heavy atom. The van der Waals surface area contributed by atoms with Crippen molar-refractivity contribution in [3.63, 3.8) is 0 Å². The minimum atomic E-state index is -0.537. The molecule has 2 atom stereocenters. The molecule has 124 valence electrons. The number of benzene rings is 1. The maximum absolute atomic E-state index is 13.8. The van der Waals surface area contributed by atoms with Crippen molar-refractivity contribution in [2.45, 2.75) is 12.5 Å². The van der Waals surface area contributed by atoms with Gasteiger partial charge in [-0.05, 0) is 17.7 Å². The van der Waals surface area contributed by atoms with E-state index in [0.29, 0.717) is 18.7 Å². The molecule has 1 aromatic rings. The zero-order chi connectivity index (χ0) is 16.6. The zero-order valence-corrected chi connectivity index (χ0v) is 13.6. The number of hydrogen-bond donors (Lipinski definition) is 1. The Kier molecular flexibility index (Phi) is 4.55. The van der Waals surface area contributed by atoms with Gasteiger partial charge in [0.25, 0.3) is 0 Å². The molecule has 2 aliphatic rings. The maximum atomic E-state index is 13.8. The van der Waals surface area contributed by atoms with E-state index >= 15 is 0 Å². The van der Waals surface area contributed by atoms with E-state index in [9.17, 15) is 14.0 Å². The molecule has 2 heterocycles. The highest BCUT2D eigenvalue weighted by molar-refractivity contribution is 6.30.